The molecule has 1 saturated heterocycles. The van der Waals surface area contributed by atoms with Gasteiger partial charge in [-0.15, -0.1) is 11.3 Å². The van der Waals surface area contributed by atoms with Crippen molar-refractivity contribution >= 4 is 17.3 Å². The van der Waals surface area contributed by atoms with Crippen molar-refractivity contribution in [3.8, 4) is 0 Å². The van der Waals surface area contributed by atoms with Crippen LogP contribution in [-0.2, 0) is 4.74 Å². The van der Waals surface area contributed by atoms with Crippen LogP contribution in [0.4, 0.5) is 0 Å². The summed E-state index contributed by atoms with van der Waals surface area (Å²) in [6.07, 6.45) is 0.296. The van der Waals surface area contributed by atoms with Crippen molar-refractivity contribution in [2.45, 2.75) is 39.0 Å². The molecule has 2 atom stereocenters. The summed E-state index contributed by atoms with van der Waals surface area (Å²) in [5.74, 6) is 0.859. The normalized spacial score (nSPS) is 21.9. The Bertz CT molecular complexity index is 461. The van der Waals surface area contributed by atoms with Gasteiger partial charge in [0.25, 0.3) is 0 Å². The number of rotatable bonds is 5. The van der Waals surface area contributed by atoms with Crippen LogP contribution in [0.5, 0.6) is 0 Å². The molecule has 2 N–H and O–H groups in total. The molecular weight excluding hydrogens is 296 g/mol. The highest BCUT2D eigenvalue weighted by molar-refractivity contribution is 7.10. The molecule has 124 valence electrons. The second-order valence-electron chi connectivity index (χ2n) is 5.96. The minimum Gasteiger partial charge on any atom is -0.376 e. The summed E-state index contributed by atoms with van der Waals surface area (Å²) in [5.41, 5.74) is 0. The van der Waals surface area contributed by atoms with Gasteiger partial charge < -0.3 is 15.4 Å². The van der Waals surface area contributed by atoms with Crippen LogP contribution in [0.25, 0.3) is 0 Å². The summed E-state index contributed by atoms with van der Waals surface area (Å²) in [7, 11) is 1.81. The van der Waals surface area contributed by atoms with Crippen LogP contribution >= 0.6 is 11.3 Å². The van der Waals surface area contributed by atoms with E-state index in [1.807, 2.05) is 18.4 Å². The summed E-state index contributed by atoms with van der Waals surface area (Å²) in [6.45, 7) is 9.98. The smallest absolute Gasteiger partial charge is 0.191 e. The number of guanidine groups is 1. The lowest BCUT2D eigenvalue weighted by Gasteiger charge is -2.37. The van der Waals surface area contributed by atoms with E-state index in [0.29, 0.717) is 18.2 Å². The fourth-order valence-electron chi connectivity index (χ4n) is 2.68. The van der Waals surface area contributed by atoms with Crippen molar-refractivity contribution in [3.63, 3.8) is 0 Å². The summed E-state index contributed by atoms with van der Waals surface area (Å²) in [5, 5.41) is 8.95. The van der Waals surface area contributed by atoms with Crippen molar-refractivity contribution in [3.05, 3.63) is 22.4 Å². The van der Waals surface area contributed by atoms with Gasteiger partial charge in [-0.1, -0.05) is 6.07 Å². The maximum absolute atomic E-state index is 5.68. The first-order valence-electron chi connectivity index (χ1n) is 7.96. The molecule has 1 aromatic rings. The maximum atomic E-state index is 5.68. The fraction of sp³-hybridized carbons (Fsp3) is 0.688. The predicted octanol–water partition coefficient (Wildman–Crippen LogP) is 2.08. The van der Waals surface area contributed by atoms with Crippen LogP contribution in [0.3, 0.4) is 0 Å². The summed E-state index contributed by atoms with van der Waals surface area (Å²) in [6, 6.07) is 5.07. The van der Waals surface area contributed by atoms with E-state index in [1.54, 1.807) is 0 Å². The summed E-state index contributed by atoms with van der Waals surface area (Å²) >= 11 is 1.82. The van der Waals surface area contributed by atoms with E-state index in [4.69, 9.17) is 4.74 Å². The van der Waals surface area contributed by atoms with E-state index in [0.717, 1.165) is 32.2 Å². The molecule has 6 heteroatoms. The van der Waals surface area contributed by atoms with Gasteiger partial charge in [-0.3, -0.25) is 9.89 Å². The highest BCUT2D eigenvalue weighted by atomic mass is 32.1. The molecule has 5 nitrogen and oxygen atoms in total. The molecule has 22 heavy (non-hydrogen) atoms. The van der Waals surface area contributed by atoms with Crippen LogP contribution in [0.2, 0.25) is 0 Å². The van der Waals surface area contributed by atoms with Gasteiger partial charge in [-0.25, -0.2) is 0 Å². The Morgan fingerprint density at radius 3 is 2.95 bits per heavy atom. The van der Waals surface area contributed by atoms with Crippen LogP contribution in [0, 0.1) is 0 Å². The first-order chi connectivity index (χ1) is 10.6. The molecule has 0 aromatic carbocycles. The third-order valence-electron chi connectivity index (χ3n) is 3.70. The monoisotopic (exact) mass is 324 g/mol. The minimum atomic E-state index is 0.296. The fourth-order valence-corrected chi connectivity index (χ4v) is 3.54. The lowest BCUT2D eigenvalue weighted by atomic mass is 10.1. The topological polar surface area (TPSA) is 48.9 Å². The van der Waals surface area contributed by atoms with Gasteiger partial charge in [0.05, 0.1) is 18.8 Å². The summed E-state index contributed by atoms with van der Waals surface area (Å²) in [4.78, 5) is 8.20. The third-order valence-corrected chi connectivity index (χ3v) is 4.67. The van der Waals surface area contributed by atoms with Gasteiger partial charge in [-0.05, 0) is 32.2 Å². The molecule has 0 spiro atoms. The van der Waals surface area contributed by atoms with Gasteiger partial charge in [0.2, 0.25) is 0 Å². The molecular formula is C16H28N4OS. The second kappa shape index (κ2) is 8.50. The number of nitrogens with one attached hydrogen (secondary N) is 2. The van der Waals surface area contributed by atoms with Gasteiger partial charge in [0.15, 0.2) is 5.96 Å². The Labute approximate surface area is 137 Å². The number of aliphatic imine (C=N–C) groups is 1. The van der Waals surface area contributed by atoms with E-state index in [2.05, 4.69) is 58.8 Å². The second-order valence-corrected chi connectivity index (χ2v) is 6.94. The molecule has 0 saturated carbocycles. The molecule has 0 amide bonds. The van der Waals surface area contributed by atoms with E-state index >= 15 is 0 Å². The Kier molecular flexibility index (Phi) is 6.67. The predicted molar refractivity (Wildman–Crippen MR) is 93.7 cm³/mol. The Morgan fingerprint density at radius 2 is 2.36 bits per heavy atom. The van der Waals surface area contributed by atoms with Crippen LogP contribution in [0.1, 0.15) is 31.7 Å². The Hall–Kier alpha value is -1.11. The highest BCUT2D eigenvalue weighted by Crippen LogP contribution is 2.26. The molecule has 1 aromatic heterocycles. The zero-order valence-electron chi connectivity index (χ0n) is 14.0. The average molecular weight is 324 g/mol. The summed E-state index contributed by atoms with van der Waals surface area (Å²) < 4.78 is 5.68. The zero-order chi connectivity index (χ0) is 15.9. The Balaban J connectivity index is 2.02. The maximum Gasteiger partial charge on any atom is 0.191 e. The van der Waals surface area contributed by atoms with Crippen molar-refractivity contribution in [1.29, 1.82) is 0 Å². The number of hydrogen-bond donors (Lipinski definition) is 2. The lowest BCUT2D eigenvalue weighted by Crippen LogP contribution is -2.48. The van der Waals surface area contributed by atoms with Crippen LogP contribution in [0.15, 0.2) is 22.5 Å². The van der Waals surface area contributed by atoms with Gasteiger partial charge in [0.1, 0.15) is 0 Å². The van der Waals surface area contributed by atoms with Gasteiger partial charge in [-0.2, -0.15) is 0 Å². The molecule has 2 heterocycles. The first kappa shape index (κ1) is 17.2. The van der Waals surface area contributed by atoms with Crippen molar-refractivity contribution in [2.24, 2.45) is 4.99 Å². The SMILES string of the molecule is CN=C(NCC(c1cccs1)N1CCOC(C)C1)NC(C)C. The highest BCUT2D eigenvalue weighted by Gasteiger charge is 2.26. The average Bonchev–Trinajstić information content (AvgIpc) is 3.00. The molecule has 1 aliphatic heterocycles. The molecule has 2 unspecified atom stereocenters. The molecule has 1 aliphatic rings. The van der Waals surface area contributed by atoms with Crippen molar-refractivity contribution < 1.29 is 4.74 Å². The molecule has 0 radical (unpaired) electrons. The van der Waals surface area contributed by atoms with E-state index in [1.165, 1.54) is 4.88 Å². The first-order valence-corrected chi connectivity index (χ1v) is 8.84. The van der Waals surface area contributed by atoms with Gasteiger partial charge in [0, 0.05) is 37.6 Å². The Morgan fingerprint density at radius 1 is 1.55 bits per heavy atom. The quantitative estimate of drug-likeness (QED) is 0.643. The zero-order valence-corrected chi connectivity index (χ0v) is 14.8. The molecule has 0 aliphatic carbocycles. The number of morpholine rings is 1. The van der Waals surface area contributed by atoms with Gasteiger partial charge >= 0.3 is 0 Å². The third kappa shape index (κ3) is 4.97. The number of ether oxygens (including phenoxy) is 1. The van der Waals surface area contributed by atoms with Crippen LogP contribution in [-0.4, -0.2) is 56.3 Å². The van der Waals surface area contributed by atoms with Crippen molar-refractivity contribution in [2.75, 3.05) is 33.3 Å². The molecule has 1 fully saturated rings. The standard InChI is InChI=1S/C16H28N4OS/c1-12(2)19-16(17-4)18-10-14(15-6-5-9-22-15)20-7-8-21-13(3)11-20/h5-6,9,12-14H,7-8,10-11H2,1-4H3,(H2,17,18,19). The number of nitrogens with zero attached hydrogens (tertiary/aromatic N) is 2. The number of hydrogen-bond acceptors (Lipinski definition) is 4. The largest absolute Gasteiger partial charge is 0.376 e. The van der Waals surface area contributed by atoms with E-state index in [-0.39, 0.29) is 0 Å². The minimum absolute atomic E-state index is 0.296. The lowest BCUT2D eigenvalue weighted by molar-refractivity contribution is -0.0334. The van der Waals surface area contributed by atoms with Crippen LogP contribution < -0.4 is 10.6 Å². The van der Waals surface area contributed by atoms with E-state index in [9.17, 15) is 0 Å². The number of thiophene rings is 1. The van der Waals surface area contributed by atoms with Crippen molar-refractivity contribution in [1.82, 2.24) is 15.5 Å². The molecule has 0 bridgehead atoms. The van der Waals surface area contributed by atoms with E-state index < -0.39 is 0 Å². The molecule has 2 rings (SSSR count).